The molecule has 104 valence electrons. The minimum atomic E-state index is -0.322. The molecule has 0 aromatic carbocycles. The van der Waals surface area contributed by atoms with Gasteiger partial charge in [0.25, 0.3) is 0 Å². The first kappa shape index (κ1) is 13.9. The van der Waals surface area contributed by atoms with Crippen LogP contribution in [0.1, 0.15) is 58.8 Å². The molecule has 4 atom stereocenters. The molecule has 0 spiro atoms. The molecule has 2 saturated carbocycles. The van der Waals surface area contributed by atoms with Crippen molar-refractivity contribution in [2.75, 3.05) is 6.54 Å². The molecule has 0 saturated heterocycles. The quantitative estimate of drug-likeness (QED) is 0.810. The van der Waals surface area contributed by atoms with Gasteiger partial charge in [-0.15, -0.1) is 0 Å². The number of nitrogens with one attached hydrogen (secondary N) is 1. The van der Waals surface area contributed by atoms with E-state index in [0.29, 0.717) is 5.92 Å². The minimum Gasteiger partial charge on any atom is -0.355 e. The van der Waals surface area contributed by atoms with Gasteiger partial charge in [0.15, 0.2) is 0 Å². The Morgan fingerprint density at radius 1 is 1.28 bits per heavy atom. The number of hydrogen-bond acceptors (Lipinski definition) is 2. The monoisotopic (exact) mass is 252 g/mol. The van der Waals surface area contributed by atoms with Crippen molar-refractivity contribution in [1.29, 1.82) is 0 Å². The van der Waals surface area contributed by atoms with E-state index in [2.05, 4.69) is 12.2 Å². The molecule has 2 aliphatic rings. The Morgan fingerprint density at radius 3 is 2.61 bits per heavy atom. The fourth-order valence-corrected chi connectivity index (χ4v) is 3.60. The van der Waals surface area contributed by atoms with Crippen molar-refractivity contribution >= 4 is 5.91 Å². The Morgan fingerprint density at radius 2 is 2.00 bits per heavy atom. The van der Waals surface area contributed by atoms with Gasteiger partial charge in [-0.05, 0) is 38.0 Å². The molecule has 0 radical (unpaired) electrons. The number of rotatable bonds is 3. The number of hydrogen-bond donors (Lipinski definition) is 2. The molecule has 0 heterocycles. The van der Waals surface area contributed by atoms with Crippen LogP contribution in [0.4, 0.5) is 0 Å². The second-order valence-corrected chi connectivity index (χ2v) is 6.65. The first-order valence-corrected chi connectivity index (χ1v) is 7.58. The van der Waals surface area contributed by atoms with Crippen LogP contribution in [0.3, 0.4) is 0 Å². The summed E-state index contributed by atoms with van der Waals surface area (Å²) in [5.41, 5.74) is 5.77. The Labute approximate surface area is 111 Å². The molecule has 2 fully saturated rings. The summed E-state index contributed by atoms with van der Waals surface area (Å²) in [6.45, 7) is 5.20. The smallest absolute Gasteiger partial charge is 0.227 e. The molecule has 0 bridgehead atoms. The molecule has 1 amide bonds. The SMILES string of the molecule is CC1CCCCC1CNC(=O)C1(C)CCCC1N. The van der Waals surface area contributed by atoms with Crippen LogP contribution in [-0.4, -0.2) is 18.5 Å². The number of carbonyl (C=O) groups excluding carboxylic acids is 1. The fraction of sp³-hybridized carbons (Fsp3) is 0.933. The fourth-order valence-electron chi connectivity index (χ4n) is 3.60. The highest BCUT2D eigenvalue weighted by atomic mass is 16.2. The summed E-state index contributed by atoms with van der Waals surface area (Å²) < 4.78 is 0. The molecule has 0 aromatic heterocycles. The predicted molar refractivity (Wildman–Crippen MR) is 74.1 cm³/mol. The Hall–Kier alpha value is -0.570. The van der Waals surface area contributed by atoms with E-state index in [1.807, 2.05) is 6.92 Å². The molecular formula is C15H28N2O. The lowest BCUT2D eigenvalue weighted by Crippen LogP contribution is -2.48. The van der Waals surface area contributed by atoms with Crippen LogP contribution in [0.2, 0.25) is 0 Å². The zero-order valence-electron chi connectivity index (χ0n) is 11.9. The van der Waals surface area contributed by atoms with Crippen LogP contribution < -0.4 is 11.1 Å². The highest BCUT2D eigenvalue weighted by Crippen LogP contribution is 2.37. The van der Waals surface area contributed by atoms with Crippen LogP contribution >= 0.6 is 0 Å². The first-order chi connectivity index (χ1) is 8.54. The van der Waals surface area contributed by atoms with Gasteiger partial charge in [0, 0.05) is 12.6 Å². The molecule has 4 unspecified atom stereocenters. The average Bonchev–Trinajstić information content (AvgIpc) is 2.69. The van der Waals surface area contributed by atoms with Gasteiger partial charge in [-0.2, -0.15) is 0 Å². The summed E-state index contributed by atoms with van der Waals surface area (Å²) in [5, 5.41) is 3.18. The van der Waals surface area contributed by atoms with Gasteiger partial charge in [0.1, 0.15) is 0 Å². The predicted octanol–water partition coefficient (Wildman–Crippen LogP) is 2.45. The van der Waals surface area contributed by atoms with Crippen molar-refractivity contribution in [1.82, 2.24) is 5.32 Å². The maximum absolute atomic E-state index is 12.3. The third-order valence-corrected chi connectivity index (χ3v) is 5.36. The van der Waals surface area contributed by atoms with Crippen molar-refractivity contribution in [2.24, 2.45) is 23.0 Å². The number of amides is 1. The lowest BCUT2D eigenvalue weighted by molar-refractivity contribution is -0.130. The highest BCUT2D eigenvalue weighted by Gasteiger charge is 2.43. The topological polar surface area (TPSA) is 55.1 Å². The van der Waals surface area contributed by atoms with Gasteiger partial charge in [-0.25, -0.2) is 0 Å². The van der Waals surface area contributed by atoms with Crippen LogP contribution in [-0.2, 0) is 4.79 Å². The summed E-state index contributed by atoms with van der Waals surface area (Å²) in [6.07, 6.45) is 8.28. The number of nitrogens with two attached hydrogens (primary N) is 1. The summed E-state index contributed by atoms with van der Waals surface area (Å²) in [4.78, 5) is 12.3. The van der Waals surface area contributed by atoms with Crippen molar-refractivity contribution in [3.63, 3.8) is 0 Å². The van der Waals surface area contributed by atoms with Gasteiger partial charge in [-0.3, -0.25) is 4.79 Å². The van der Waals surface area contributed by atoms with Crippen molar-refractivity contribution in [3.05, 3.63) is 0 Å². The average molecular weight is 252 g/mol. The highest BCUT2D eigenvalue weighted by molar-refractivity contribution is 5.83. The van der Waals surface area contributed by atoms with Gasteiger partial charge in [-0.1, -0.05) is 32.6 Å². The molecule has 0 aliphatic heterocycles. The van der Waals surface area contributed by atoms with E-state index in [-0.39, 0.29) is 17.4 Å². The second-order valence-electron chi connectivity index (χ2n) is 6.65. The second kappa shape index (κ2) is 5.60. The third-order valence-electron chi connectivity index (χ3n) is 5.36. The maximum atomic E-state index is 12.3. The van der Waals surface area contributed by atoms with Crippen LogP contribution in [0.15, 0.2) is 0 Å². The van der Waals surface area contributed by atoms with E-state index in [1.165, 1.54) is 25.7 Å². The van der Waals surface area contributed by atoms with Crippen molar-refractivity contribution in [3.8, 4) is 0 Å². The minimum absolute atomic E-state index is 0.0429. The van der Waals surface area contributed by atoms with Crippen LogP contribution in [0.25, 0.3) is 0 Å². The van der Waals surface area contributed by atoms with E-state index in [1.54, 1.807) is 0 Å². The maximum Gasteiger partial charge on any atom is 0.227 e. The van der Waals surface area contributed by atoms with E-state index < -0.39 is 0 Å². The van der Waals surface area contributed by atoms with E-state index >= 15 is 0 Å². The molecule has 3 nitrogen and oxygen atoms in total. The summed E-state index contributed by atoms with van der Waals surface area (Å²) in [6, 6.07) is 0.0429. The molecule has 2 aliphatic carbocycles. The van der Waals surface area contributed by atoms with Gasteiger partial charge >= 0.3 is 0 Å². The van der Waals surface area contributed by atoms with E-state index in [0.717, 1.165) is 31.7 Å². The van der Waals surface area contributed by atoms with Crippen molar-refractivity contribution < 1.29 is 4.79 Å². The molecule has 2 rings (SSSR count). The first-order valence-electron chi connectivity index (χ1n) is 7.58. The zero-order chi connectivity index (χ0) is 13.2. The van der Waals surface area contributed by atoms with Crippen LogP contribution in [0.5, 0.6) is 0 Å². The Bertz CT molecular complexity index is 305. The molecule has 0 aromatic rings. The summed E-state index contributed by atoms with van der Waals surface area (Å²) in [5.74, 6) is 1.61. The van der Waals surface area contributed by atoms with E-state index in [9.17, 15) is 4.79 Å². The normalized spacial score (nSPS) is 40.7. The van der Waals surface area contributed by atoms with Gasteiger partial charge in [0.2, 0.25) is 5.91 Å². The van der Waals surface area contributed by atoms with E-state index in [4.69, 9.17) is 5.73 Å². The van der Waals surface area contributed by atoms with Crippen molar-refractivity contribution in [2.45, 2.75) is 64.8 Å². The lowest BCUT2D eigenvalue weighted by atomic mass is 9.79. The summed E-state index contributed by atoms with van der Waals surface area (Å²) >= 11 is 0. The standard InChI is InChI=1S/C15H28N2O/c1-11-6-3-4-7-12(11)10-17-14(18)15(2)9-5-8-13(15)16/h11-13H,3-10,16H2,1-2H3,(H,17,18). The molecule has 3 N–H and O–H groups in total. The lowest BCUT2D eigenvalue weighted by Gasteiger charge is -2.32. The molecular weight excluding hydrogens is 224 g/mol. The van der Waals surface area contributed by atoms with Gasteiger partial charge in [0.05, 0.1) is 5.41 Å². The Kier molecular flexibility index (Phi) is 4.31. The van der Waals surface area contributed by atoms with Gasteiger partial charge < -0.3 is 11.1 Å². The molecule has 18 heavy (non-hydrogen) atoms. The Balaban J connectivity index is 1.84. The van der Waals surface area contributed by atoms with Crippen LogP contribution in [0, 0.1) is 17.3 Å². The number of carbonyl (C=O) groups is 1. The third kappa shape index (κ3) is 2.71. The zero-order valence-corrected chi connectivity index (χ0v) is 11.9. The summed E-state index contributed by atoms with van der Waals surface area (Å²) in [7, 11) is 0. The largest absolute Gasteiger partial charge is 0.355 e. The molecule has 3 heteroatoms.